The first-order chi connectivity index (χ1) is 6.12. The molecule has 1 heterocycles. The molecule has 0 amide bonds. The normalized spacial score (nSPS) is 30.1. The summed E-state index contributed by atoms with van der Waals surface area (Å²) in [5.74, 6) is 0.905. The van der Waals surface area contributed by atoms with E-state index in [4.69, 9.17) is 5.73 Å². The van der Waals surface area contributed by atoms with Gasteiger partial charge >= 0.3 is 0 Å². The second kappa shape index (κ2) is 2.51. The summed E-state index contributed by atoms with van der Waals surface area (Å²) in [6, 6.07) is 1.84. The first kappa shape index (κ1) is 8.63. The van der Waals surface area contributed by atoms with E-state index in [2.05, 4.69) is 23.8 Å². The van der Waals surface area contributed by atoms with Gasteiger partial charge in [-0.2, -0.15) is 0 Å². The number of rotatable bonds is 2. The highest BCUT2D eigenvalue weighted by molar-refractivity contribution is 5.27. The fourth-order valence-electron chi connectivity index (χ4n) is 2.08. The maximum atomic E-state index is 5.80. The van der Waals surface area contributed by atoms with Crippen LogP contribution in [-0.2, 0) is 5.41 Å². The highest BCUT2D eigenvalue weighted by Crippen LogP contribution is 2.62. The van der Waals surface area contributed by atoms with Crippen LogP contribution in [0.15, 0.2) is 18.5 Å². The van der Waals surface area contributed by atoms with Crippen molar-refractivity contribution in [1.29, 1.82) is 0 Å². The van der Waals surface area contributed by atoms with Crippen molar-refractivity contribution in [1.82, 2.24) is 9.97 Å². The monoisotopic (exact) mass is 177 g/mol. The van der Waals surface area contributed by atoms with E-state index in [9.17, 15) is 0 Å². The third kappa shape index (κ3) is 1.07. The van der Waals surface area contributed by atoms with E-state index >= 15 is 0 Å². The Balaban J connectivity index is 2.37. The molecule has 1 aromatic rings. The fourth-order valence-corrected chi connectivity index (χ4v) is 2.08. The minimum absolute atomic E-state index is 0.0360. The molecule has 1 atom stereocenters. The summed E-state index contributed by atoms with van der Waals surface area (Å²) in [5.41, 5.74) is 6.10. The van der Waals surface area contributed by atoms with Crippen LogP contribution < -0.4 is 5.73 Å². The van der Waals surface area contributed by atoms with Gasteiger partial charge in [-0.05, 0) is 17.9 Å². The molecule has 2 N–H and O–H groups in total. The maximum Gasteiger partial charge on any atom is 0.136 e. The van der Waals surface area contributed by atoms with E-state index in [1.54, 1.807) is 12.4 Å². The van der Waals surface area contributed by atoms with Gasteiger partial charge in [-0.1, -0.05) is 13.8 Å². The summed E-state index contributed by atoms with van der Waals surface area (Å²) in [7, 11) is 0. The largest absolute Gasteiger partial charge is 0.329 e. The molecule has 1 aliphatic carbocycles. The van der Waals surface area contributed by atoms with Crippen molar-refractivity contribution in [2.75, 3.05) is 6.54 Å². The lowest BCUT2D eigenvalue weighted by Crippen LogP contribution is -2.27. The molecule has 0 saturated heterocycles. The second-order valence-electron chi connectivity index (χ2n) is 4.42. The molecule has 2 rings (SSSR count). The van der Waals surface area contributed by atoms with Crippen LogP contribution in [0.4, 0.5) is 0 Å². The van der Waals surface area contributed by atoms with Crippen molar-refractivity contribution in [3.8, 4) is 0 Å². The highest BCUT2D eigenvalue weighted by Gasteiger charge is 2.63. The topological polar surface area (TPSA) is 51.8 Å². The average Bonchev–Trinajstić information content (AvgIpc) is 2.72. The Morgan fingerprint density at radius 3 is 2.31 bits per heavy atom. The van der Waals surface area contributed by atoms with E-state index in [1.165, 1.54) is 0 Å². The molecule has 0 aromatic carbocycles. The summed E-state index contributed by atoms with van der Waals surface area (Å²) in [5, 5.41) is 0. The first-order valence-corrected chi connectivity index (χ1v) is 4.60. The molecule has 1 saturated carbocycles. The summed E-state index contributed by atoms with van der Waals surface area (Å²) < 4.78 is 0. The lowest BCUT2D eigenvalue weighted by atomic mass is 9.95. The van der Waals surface area contributed by atoms with Gasteiger partial charge in [0.15, 0.2) is 0 Å². The lowest BCUT2D eigenvalue weighted by molar-refractivity contribution is 0.481. The quantitative estimate of drug-likeness (QED) is 0.736. The molecular formula is C10H15N3. The first-order valence-electron chi connectivity index (χ1n) is 4.60. The average molecular weight is 177 g/mol. The van der Waals surface area contributed by atoms with Gasteiger partial charge in [0.2, 0.25) is 0 Å². The van der Waals surface area contributed by atoms with Crippen LogP contribution in [0.2, 0.25) is 0 Å². The Bertz CT molecular complexity index is 307. The number of hydrogen-bond acceptors (Lipinski definition) is 3. The van der Waals surface area contributed by atoms with Gasteiger partial charge in [0.05, 0.1) is 0 Å². The van der Waals surface area contributed by atoms with Crippen molar-refractivity contribution in [3.63, 3.8) is 0 Å². The van der Waals surface area contributed by atoms with Crippen LogP contribution in [0, 0.1) is 5.41 Å². The van der Waals surface area contributed by atoms with E-state index < -0.39 is 0 Å². The van der Waals surface area contributed by atoms with Crippen molar-refractivity contribution < 1.29 is 0 Å². The molecule has 0 spiro atoms. The molecule has 0 bridgehead atoms. The molecule has 1 aliphatic rings. The van der Waals surface area contributed by atoms with Crippen LogP contribution in [0.5, 0.6) is 0 Å². The highest BCUT2D eigenvalue weighted by atomic mass is 14.9. The molecule has 70 valence electrons. The zero-order chi connectivity index (χ0) is 9.53. The van der Waals surface area contributed by atoms with Crippen molar-refractivity contribution in [3.05, 3.63) is 24.3 Å². The van der Waals surface area contributed by atoms with Crippen molar-refractivity contribution in [2.24, 2.45) is 11.1 Å². The minimum Gasteiger partial charge on any atom is -0.329 e. The van der Waals surface area contributed by atoms with Gasteiger partial charge in [0.1, 0.15) is 5.82 Å². The Labute approximate surface area is 78.4 Å². The molecule has 0 aliphatic heterocycles. The molecule has 1 aromatic heterocycles. The third-order valence-corrected chi connectivity index (χ3v) is 3.26. The molecule has 3 heteroatoms. The van der Waals surface area contributed by atoms with Crippen LogP contribution in [0.1, 0.15) is 26.1 Å². The van der Waals surface area contributed by atoms with Crippen molar-refractivity contribution in [2.45, 2.75) is 25.7 Å². The van der Waals surface area contributed by atoms with E-state index in [-0.39, 0.29) is 10.8 Å². The molecule has 3 nitrogen and oxygen atoms in total. The Hall–Kier alpha value is -0.960. The molecule has 0 radical (unpaired) electrons. The standard InChI is InChI=1S/C10H15N3/c1-9(2)6-10(9,7-11)8-12-4-3-5-13-8/h3-5H,6-7,11H2,1-2H3. The van der Waals surface area contributed by atoms with Crippen LogP contribution in [0.3, 0.4) is 0 Å². The van der Waals surface area contributed by atoms with Crippen LogP contribution in [0.25, 0.3) is 0 Å². The Morgan fingerprint density at radius 1 is 1.38 bits per heavy atom. The van der Waals surface area contributed by atoms with Gasteiger partial charge < -0.3 is 5.73 Å². The minimum atomic E-state index is 0.0360. The summed E-state index contributed by atoms with van der Waals surface area (Å²) >= 11 is 0. The van der Waals surface area contributed by atoms with E-state index in [0.29, 0.717) is 6.54 Å². The molecule has 1 unspecified atom stereocenters. The van der Waals surface area contributed by atoms with Gasteiger partial charge in [0, 0.05) is 24.4 Å². The molecular weight excluding hydrogens is 162 g/mol. The third-order valence-electron chi connectivity index (χ3n) is 3.26. The molecule has 1 fully saturated rings. The lowest BCUT2D eigenvalue weighted by Gasteiger charge is -2.15. The predicted octanol–water partition coefficient (Wildman–Crippen LogP) is 1.10. The number of nitrogens with zero attached hydrogens (tertiary/aromatic N) is 2. The zero-order valence-electron chi connectivity index (χ0n) is 8.12. The van der Waals surface area contributed by atoms with Crippen molar-refractivity contribution >= 4 is 0 Å². The maximum absolute atomic E-state index is 5.80. The van der Waals surface area contributed by atoms with Gasteiger partial charge in [-0.3, -0.25) is 0 Å². The zero-order valence-corrected chi connectivity index (χ0v) is 8.12. The molecule has 13 heavy (non-hydrogen) atoms. The predicted molar refractivity (Wildman–Crippen MR) is 51.2 cm³/mol. The Morgan fingerprint density at radius 2 is 1.92 bits per heavy atom. The van der Waals surface area contributed by atoms with Crippen LogP contribution in [-0.4, -0.2) is 16.5 Å². The van der Waals surface area contributed by atoms with E-state index in [0.717, 1.165) is 12.2 Å². The van der Waals surface area contributed by atoms with Crippen LogP contribution >= 0.6 is 0 Å². The van der Waals surface area contributed by atoms with Gasteiger partial charge in [-0.25, -0.2) is 9.97 Å². The SMILES string of the molecule is CC1(C)CC1(CN)c1ncccn1. The summed E-state index contributed by atoms with van der Waals surface area (Å²) in [6.07, 6.45) is 4.67. The second-order valence-corrected chi connectivity index (χ2v) is 4.42. The van der Waals surface area contributed by atoms with Gasteiger partial charge in [-0.15, -0.1) is 0 Å². The summed E-state index contributed by atoms with van der Waals surface area (Å²) in [4.78, 5) is 8.58. The summed E-state index contributed by atoms with van der Waals surface area (Å²) in [6.45, 7) is 5.08. The van der Waals surface area contributed by atoms with E-state index in [1.807, 2.05) is 6.07 Å². The number of hydrogen-bond donors (Lipinski definition) is 1. The number of nitrogens with two attached hydrogens (primary N) is 1. The smallest absolute Gasteiger partial charge is 0.136 e. The Kier molecular flexibility index (Phi) is 1.67. The van der Waals surface area contributed by atoms with Gasteiger partial charge in [0.25, 0.3) is 0 Å². The number of aromatic nitrogens is 2. The fraction of sp³-hybridized carbons (Fsp3) is 0.600.